The maximum Gasteiger partial charge on any atom is 0.162 e. The molecule has 0 bridgehead atoms. The Morgan fingerprint density at radius 1 is 1.18 bits per heavy atom. The number of rotatable bonds is 0. The summed E-state index contributed by atoms with van der Waals surface area (Å²) in [6, 6.07) is 0. The highest BCUT2D eigenvalue weighted by atomic mass is 16.7. The molecule has 3 fully saturated rings. The van der Waals surface area contributed by atoms with E-state index in [1.165, 1.54) is 0 Å². The van der Waals surface area contributed by atoms with Gasteiger partial charge in [0.15, 0.2) is 5.79 Å². The van der Waals surface area contributed by atoms with E-state index in [-0.39, 0.29) is 10.8 Å². The summed E-state index contributed by atoms with van der Waals surface area (Å²) in [4.78, 5) is 11.6. The van der Waals surface area contributed by atoms with Gasteiger partial charge in [-0.1, -0.05) is 6.92 Å². The van der Waals surface area contributed by atoms with Crippen LogP contribution in [-0.2, 0) is 14.3 Å². The standard InChI is InChI=1S/C14H22O3/c1-12(2)16-8-14(9-17-12)5-10-4-11(15)6-13(10,3)7-14/h10H,4-9H2,1-3H3/t10-,13-/m1/s1. The molecular formula is C14H22O3. The quantitative estimate of drug-likeness (QED) is 0.650. The lowest BCUT2D eigenvalue weighted by atomic mass is 9.79. The van der Waals surface area contributed by atoms with E-state index in [1.54, 1.807) is 0 Å². The molecule has 3 nitrogen and oxygen atoms in total. The largest absolute Gasteiger partial charge is 0.350 e. The molecule has 2 atom stereocenters. The van der Waals surface area contributed by atoms with Crippen LogP contribution in [-0.4, -0.2) is 24.8 Å². The summed E-state index contributed by atoms with van der Waals surface area (Å²) in [5.41, 5.74) is 0.390. The third-order valence-corrected chi connectivity index (χ3v) is 4.97. The summed E-state index contributed by atoms with van der Waals surface area (Å²) < 4.78 is 11.7. The molecule has 1 saturated heterocycles. The molecule has 1 aliphatic heterocycles. The molecule has 1 spiro atoms. The Balaban J connectivity index is 1.75. The lowest BCUT2D eigenvalue weighted by Gasteiger charge is -2.42. The molecule has 1 heterocycles. The van der Waals surface area contributed by atoms with E-state index in [1.807, 2.05) is 13.8 Å². The summed E-state index contributed by atoms with van der Waals surface area (Å²) >= 11 is 0. The zero-order valence-electron chi connectivity index (χ0n) is 11.0. The molecule has 17 heavy (non-hydrogen) atoms. The number of Topliss-reactive ketones (excluding diaryl/α,β-unsaturated/α-hetero) is 1. The third kappa shape index (κ3) is 1.84. The number of hydrogen-bond donors (Lipinski definition) is 0. The molecule has 0 aromatic rings. The fourth-order valence-electron chi connectivity index (χ4n) is 4.12. The molecule has 0 aromatic heterocycles. The first-order valence-electron chi connectivity index (χ1n) is 6.62. The van der Waals surface area contributed by atoms with Crippen LogP contribution < -0.4 is 0 Å². The van der Waals surface area contributed by atoms with Gasteiger partial charge in [-0.2, -0.15) is 0 Å². The predicted molar refractivity (Wildman–Crippen MR) is 63.5 cm³/mol. The maximum absolute atomic E-state index is 11.6. The SMILES string of the molecule is CC1(C)OCC2(CO1)C[C@H]1CC(=O)C[C@]1(C)C2. The van der Waals surface area contributed by atoms with Crippen molar-refractivity contribution in [1.82, 2.24) is 0 Å². The second kappa shape index (κ2) is 3.33. The van der Waals surface area contributed by atoms with Crippen LogP contribution in [0.5, 0.6) is 0 Å². The van der Waals surface area contributed by atoms with E-state index in [4.69, 9.17) is 9.47 Å². The van der Waals surface area contributed by atoms with Gasteiger partial charge in [0.1, 0.15) is 5.78 Å². The minimum Gasteiger partial charge on any atom is -0.350 e. The normalized spacial score (nSPS) is 43.0. The first-order valence-corrected chi connectivity index (χ1v) is 6.62. The number of fused-ring (bicyclic) bond motifs is 1. The molecule has 0 unspecified atom stereocenters. The Morgan fingerprint density at radius 3 is 2.41 bits per heavy atom. The number of carbonyl (C=O) groups excluding carboxylic acids is 1. The molecule has 2 aliphatic carbocycles. The smallest absolute Gasteiger partial charge is 0.162 e. The summed E-state index contributed by atoms with van der Waals surface area (Å²) in [6.07, 6.45) is 3.74. The topological polar surface area (TPSA) is 35.5 Å². The van der Waals surface area contributed by atoms with Crippen molar-refractivity contribution in [1.29, 1.82) is 0 Å². The van der Waals surface area contributed by atoms with E-state index >= 15 is 0 Å². The van der Waals surface area contributed by atoms with Gasteiger partial charge in [0.05, 0.1) is 13.2 Å². The van der Waals surface area contributed by atoms with E-state index in [2.05, 4.69) is 6.92 Å². The number of ether oxygens (including phenoxy) is 2. The summed E-state index contributed by atoms with van der Waals surface area (Å²) in [7, 11) is 0. The molecule has 96 valence electrons. The van der Waals surface area contributed by atoms with E-state index in [0.717, 1.165) is 38.9 Å². The van der Waals surface area contributed by atoms with Gasteiger partial charge in [-0.3, -0.25) is 4.79 Å². The molecule has 0 amide bonds. The van der Waals surface area contributed by atoms with Crippen molar-refractivity contribution in [3.8, 4) is 0 Å². The average Bonchev–Trinajstić information content (AvgIpc) is 2.59. The zero-order valence-corrected chi connectivity index (χ0v) is 11.0. The fraction of sp³-hybridized carbons (Fsp3) is 0.929. The Hall–Kier alpha value is -0.410. The molecule has 2 saturated carbocycles. The Morgan fingerprint density at radius 2 is 1.82 bits per heavy atom. The van der Waals surface area contributed by atoms with Crippen LogP contribution in [0.4, 0.5) is 0 Å². The van der Waals surface area contributed by atoms with Crippen LogP contribution >= 0.6 is 0 Å². The van der Waals surface area contributed by atoms with Crippen molar-refractivity contribution in [2.45, 2.75) is 52.2 Å². The highest BCUT2D eigenvalue weighted by Crippen LogP contribution is 2.60. The van der Waals surface area contributed by atoms with Gasteiger partial charge < -0.3 is 9.47 Å². The van der Waals surface area contributed by atoms with Gasteiger partial charge in [-0.15, -0.1) is 0 Å². The van der Waals surface area contributed by atoms with E-state index < -0.39 is 5.79 Å². The van der Waals surface area contributed by atoms with Gasteiger partial charge in [0.25, 0.3) is 0 Å². The lowest BCUT2D eigenvalue weighted by Crippen LogP contribution is -2.45. The van der Waals surface area contributed by atoms with Crippen molar-refractivity contribution >= 4 is 5.78 Å². The Bertz CT molecular complexity index is 350. The highest BCUT2D eigenvalue weighted by molar-refractivity contribution is 5.82. The highest BCUT2D eigenvalue weighted by Gasteiger charge is 2.58. The first kappa shape index (κ1) is 11.7. The number of carbonyl (C=O) groups is 1. The van der Waals surface area contributed by atoms with Crippen molar-refractivity contribution in [3.63, 3.8) is 0 Å². The van der Waals surface area contributed by atoms with E-state index in [0.29, 0.717) is 11.7 Å². The third-order valence-electron chi connectivity index (χ3n) is 4.97. The van der Waals surface area contributed by atoms with Gasteiger partial charge in [-0.25, -0.2) is 0 Å². The minimum atomic E-state index is -0.431. The van der Waals surface area contributed by atoms with Gasteiger partial charge in [0.2, 0.25) is 0 Å². The summed E-state index contributed by atoms with van der Waals surface area (Å²) in [5.74, 6) is 0.577. The van der Waals surface area contributed by atoms with E-state index in [9.17, 15) is 4.79 Å². The van der Waals surface area contributed by atoms with Crippen molar-refractivity contribution in [3.05, 3.63) is 0 Å². The van der Waals surface area contributed by atoms with Crippen molar-refractivity contribution in [2.24, 2.45) is 16.7 Å². The molecular weight excluding hydrogens is 216 g/mol. The molecule has 0 aromatic carbocycles. The Labute approximate surface area is 103 Å². The minimum absolute atomic E-state index is 0.176. The first-order chi connectivity index (χ1) is 7.83. The molecule has 0 N–H and O–H groups in total. The second-order valence-electron chi connectivity index (χ2n) is 7.13. The van der Waals surface area contributed by atoms with Gasteiger partial charge in [0, 0.05) is 18.3 Å². The summed E-state index contributed by atoms with van der Waals surface area (Å²) in [6.45, 7) is 7.80. The number of ketones is 1. The van der Waals surface area contributed by atoms with Crippen LogP contribution in [0.3, 0.4) is 0 Å². The van der Waals surface area contributed by atoms with Crippen molar-refractivity contribution in [2.75, 3.05) is 13.2 Å². The molecule has 3 aliphatic rings. The summed E-state index contributed by atoms with van der Waals surface area (Å²) in [5, 5.41) is 0. The van der Waals surface area contributed by atoms with Crippen LogP contribution in [0.1, 0.15) is 46.5 Å². The Kier molecular flexibility index (Phi) is 2.28. The second-order valence-corrected chi connectivity index (χ2v) is 7.13. The van der Waals surface area contributed by atoms with Crippen LogP contribution in [0, 0.1) is 16.7 Å². The van der Waals surface area contributed by atoms with Gasteiger partial charge >= 0.3 is 0 Å². The van der Waals surface area contributed by atoms with Crippen LogP contribution in [0.2, 0.25) is 0 Å². The van der Waals surface area contributed by atoms with Crippen LogP contribution in [0.25, 0.3) is 0 Å². The maximum atomic E-state index is 11.6. The van der Waals surface area contributed by atoms with Gasteiger partial charge in [-0.05, 0) is 38.0 Å². The average molecular weight is 238 g/mol. The lowest BCUT2D eigenvalue weighted by molar-refractivity contribution is -0.285. The number of hydrogen-bond acceptors (Lipinski definition) is 3. The van der Waals surface area contributed by atoms with Crippen molar-refractivity contribution < 1.29 is 14.3 Å². The predicted octanol–water partition coefficient (Wildman–Crippen LogP) is 2.53. The molecule has 0 radical (unpaired) electrons. The monoisotopic (exact) mass is 238 g/mol. The zero-order chi connectivity index (χ0) is 12.3. The molecule has 3 rings (SSSR count). The van der Waals surface area contributed by atoms with Crippen LogP contribution in [0.15, 0.2) is 0 Å². The molecule has 3 heteroatoms. The fourth-order valence-corrected chi connectivity index (χ4v) is 4.12.